The molecule has 1 aliphatic rings. The summed E-state index contributed by atoms with van der Waals surface area (Å²) in [6, 6.07) is 9.24. The topological polar surface area (TPSA) is 92.8 Å². The molecule has 1 atom stereocenters. The predicted octanol–water partition coefficient (Wildman–Crippen LogP) is 3.72. The van der Waals surface area contributed by atoms with E-state index in [4.69, 9.17) is 4.74 Å². The summed E-state index contributed by atoms with van der Waals surface area (Å²) < 4.78 is 34.5. The lowest BCUT2D eigenvalue weighted by atomic mass is 10.1. The quantitative estimate of drug-likeness (QED) is 0.658. The van der Waals surface area contributed by atoms with Crippen LogP contribution in [-0.2, 0) is 26.0 Å². The first-order valence-corrected chi connectivity index (χ1v) is 11.3. The van der Waals surface area contributed by atoms with Crippen molar-refractivity contribution in [3.63, 3.8) is 0 Å². The number of carbonyl (C=O) groups excluding carboxylic acids is 2. The van der Waals surface area contributed by atoms with Crippen molar-refractivity contribution in [2.24, 2.45) is 0 Å². The molecule has 0 saturated heterocycles. The first kappa shape index (κ1) is 21.3. The molecular formula is C20H21BrN2O5S. The fourth-order valence-corrected chi connectivity index (χ4v) is 5.46. The van der Waals surface area contributed by atoms with Crippen LogP contribution in [0.1, 0.15) is 36.7 Å². The maximum absolute atomic E-state index is 13.2. The average Bonchev–Trinajstić information content (AvgIpc) is 2.96. The van der Waals surface area contributed by atoms with Crippen molar-refractivity contribution < 1.29 is 22.7 Å². The van der Waals surface area contributed by atoms with Crippen LogP contribution in [0, 0.1) is 0 Å². The van der Waals surface area contributed by atoms with Crippen LogP contribution in [0.5, 0.6) is 0 Å². The van der Waals surface area contributed by atoms with E-state index in [9.17, 15) is 18.0 Å². The van der Waals surface area contributed by atoms with Crippen molar-refractivity contribution in [1.82, 2.24) is 0 Å². The molecule has 2 aromatic carbocycles. The number of halogens is 1. The van der Waals surface area contributed by atoms with Gasteiger partial charge in [0, 0.05) is 23.1 Å². The Bertz CT molecular complexity index is 1080. The molecule has 0 bridgehead atoms. The highest BCUT2D eigenvalue weighted by molar-refractivity contribution is 9.10. The molecule has 0 fully saturated rings. The maximum Gasteiger partial charge on any atom is 0.338 e. The highest BCUT2D eigenvalue weighted by atomic mass is 79.9. The molecule has 7 nitrogen and oxygen atoms in total. The lowest BCUT2D eigenvalue weighted by Gasteiger charge is -2.23. The summed E-state index contributed by atoms with van der Waals surface area (Å²) in [7, 11) is -4.03. The minimum Gasteiger partial charge on any atom is -0.462 e. The van der Waals surface area contributed by atoms with Gasteiger partial charge in [0.2, 0.25) is 5.91 Å². The number of sulfonamides is 1. The van der Waals surface area contributed by atoms with Crippen molar-refractivity contribution in [3.8, 4) is 0 Å². The minimum atomic E-state index is -4.03. The standard InChI is InChI=1S/C20H21BrN2O5S/c1-4-28-20(25)14-6-5-7-17(10-14)22-29(26,27)18-11-16(21)9-15-8-12(2)23(13(3)24)19(15)18/h5-7,9-12,22H,4,8H2,1-3H3/t12-/m1/s1. The summed E-state index contributed by atoms with van der Waals surface area (Å²) in [4.78, 5) is 25.6. The number of esters is 1. The first-order chi connectivity index (χ1) is 13.6. The third-order valence-electron chi connectivity index (χ3n) is 4.57. The summed E-state index contributed by atoms with van der Waals surface area (Å²) in [5, 5.41) is 0. The third-order valence-corrected chi connectivity index (χ3v) is 6.42. The molecule has 0 saturated carbocycles. The van der Waals surface area contributed by atoms with Crippen LogP contribution >= 0.6 is 15.9 Å². The lowest BCUT2D eigenvalue weighted by molar-refractivity contribution is -0.116. The summed E-state index contributed by atoms with van der Waals surface area (Å²) in [5.41, 5.74) is 1.64. The second-order valence-electron chi connectivity index (χ2n) is 6.76. The fraction of sp³-hybridized carbons (Fsp3) is 0.300. The Labute approximate surface area is 178 Å². The van der Waals surface area contributed by atoms with Gasteiger partial charge >= 0.3 is 5.97 Å². The van der Waals surface area contributed by atoms with E-state index >= 15 is 0 Å². The Hall–Kier alpha value is -2.39. The van der Waals surface area contributed by atoms with Gasteiger partial charge in [-0.1, -0.05) is 22.0 Å². The molecule has 0 radical (unpaired) electrons. The monoisotopic (exact) mass is 480 g/mol. The van der Waals surface area contributed by atoms with Gasteiger partial charge in [0.1, 0.15) is 4.90 Å². The van der Waals surface area contributed by atoms with Gasteiger partial charge in [-0.05, 0) is 56.2 Å². The van der Waals surface area contributed by atoms with Gasteiger partial charge in [-0.2, -0.15) is 0 Å². The zero-order chi connectivity index (χ0) is 21.3. The molecule has 0 unspecified atom stereocenters. The number of rotatable bonds is 5. The highest BCUT2D eigenvalue weighted by Crippen LogP contribution is 2.40. The van der Waals surface area contributed by atoms with Crippen molar-refractivity contribution >= 4 is 49.2 Å². The van der Waals surface area contributed by atoms with Crippen LogP contribution in [0.15, 0.2) is 45.8 Å². The average molecular weight is 481 g/mol. The maximum atomic E-state index is 13.2. The van der Waals surface area contributed by atoms with Crippen LogP contribution in [-0.4, -0.2) is 32.9 Å². The number of hydrogen-bond donors (Lipinski definition) is 1. The van der Waals surface area contributed by atoms with Gasteiger partial charge in [0.25, 0.3) is 10.0 Å². The van der Waals surface area contributed by atoms with Gasteiger partial charge < -0.3 is 9.64 Å². The Morgan fingerprint density at radius 1 is 1.28 bits per heavy atom. The Kier molecular flexibility index (Phi) is 6.00. The molecule has 29 heavy (non-hydrogen) atoms. The van der Waals surface area contributed by atoms with E-state index in [0.717, 1.165) is 5.56 Å². The molecule has 0 aromatic heterocycles. The summed E-state index contributed by atoms with van der Waals surface area (Å²) in [6.07, 6.45) is 0.565. The number of carbonyl (C=O) groups is 2. The normalized spacial score (nSPS) is 15.7. The Morgan fingerprint density at radius 3 is 2.66 bits per heavy atom. The van der Waals surface area contributed by atoms with Crippen molar-refractivity contribution in [3.05, 3.63) is 52.0 Å². The second kappa shape index (κ2) is 8.16. The summed E-state index contributed by atoms with van der Waals surface area (Å²) >= 11 is 3.36. The number of hydrogen-bond acceptors (Lipinski definition) is 5. The van der Waals surface area contributed by atoms with Crippen molar-refractivity contribution in [2.45, 2.75) is 38.1 Å². The van der Waals surface area contributed by atoms with Crippen LogP contribution in [0.2, 0.25) is 0 Å². The highest BCUT2D eigenvalue weighted by Gasteiger charge is 2.35. The Balaban J connectivity index is 2.03. The van der Waals surface area contributed by atoms with E-state index in [0.29, 0.717) is 16.6 Å². The molecular weight excluding hydrogens is 460 g/mol. The van der Waals surface area contributed by atoms with Gasteiger partial charge in [0.15, 0.2) is 0 Å². The zero-order valence-electron chi connectivity index (χ0n) is 16.2. The lowest BCUT2D eigenvalue weighted by Crippen LogP contribution is -2.34. The number of nitrogens with zero attached hydrogens (tertiary/aromatic N) is 1. The van der Waals surface area contributed by atoms with Gasteiger partial charge in [-0.25, -0.2) is 13.2 Å². The van der Waals surface area contributed by atoms with E-state index in [1.54, 1.807) is 25.1 Å². The number of nitrogens with one attached hydrogen (secondary N) is 1. The molecule has 1 amide bonds. The molecule has 9 heteroatoms. The zero-order valence-corrected chi connectivity index (χ0v) is 18.6. The summed E-state index contributed by atoms with van der Waals surface area (Å²) in [6.45, 7) is 5.21. The largest absolute Gasteiger partial charge is 0.462 e. The van der Waals surface area contributed by atoms with Gasteiger partial charge in [0.05, 0.1) is 17.9 Å². The van der Waals surface area contributed by atoms with E-state index in [1.165, 1.54) is 24.0 Å². The van der Waals surface area contributed by atoms with Crippen molar-refractivity contribution in [2.75, 3.05) is 16.2 Å². The Morgan fingerprint density at radius 2 is 2.00 bits per heavy atom. The molecule has 2 aromatic rings. The molecule has 154 valence electrons. The molecule has 1 aliphatic heterocycles. The van der Waals surface area contributed by atoms with Gasteiger partial charge in [-0.15, -0.1) is 0 Å². The van der Waals surface area contributed by atoms with E-state index in [1.807, 2.05) is 13.0 Å². The SMILES string of the molecule is CCOC(=O)c1cccc(NS(=O)(=O)c2cc(Br)cc3c2N(C(C)=O)[C@H](C)C3)c1. The molecule has 0 aliphatic carbocycles. The van der Waals surface area contributed by atoms with Crippen LogP contribution in [0.3, 0.4) is 0 Å². The van der Waals surface area contributed by atoms with Crippen LogP contribution in [0.25, 0.3) is 0 Å². The number of anilines is 2. The minimum absolute atomic E-state index is 0.00274. The van der Waals surface area contributed by atoms with Crippen LogP contribution in [0.4, 0.5) is 11.4 Å². The number of amides is 1. The molecule has 1 N–H and O–H groups in total. The first-order valence-electron chi connectivity index (χ1n) is 9.06. The van der Waals surface area contributed by atoms with Gasteiger partial charge in [-0.3, -0.25) is 9.52 Å². The molecule has 3 rings (SSSR count). The predicted molar refractivity (Wildman–Crippen MR) is 114 cm³/mol. The fourth-order valence-electron chi connectivity index (χ4n) is 3.49. The van der Waals surface area contributed by atoms with E-state index < -0.39 is 16.0 Å². The number of ether oxygens (including phenoxy) is 1. The smallest absolute Gasteiger partial charge is 0.338 e. The van der Waals surface area contributed by atoms with Crippen molar-refractivity contribution in [1.29, 1.82) is 0 Å². The number of fused-ring (bicyclic) bond motifs is 1. The number of benzene rings is 2. The molecule has 0 spiro atoms. The van der Waals surface area contributed by atoms with E-state index in [2.05, 4.69) is 20.7 Å². The van der Waals surface area contributed by atoms with Crippen LogP contribution < -0.4 is 9.62 Å². The summed E-state index contributed by atoms with van der Waals surface area (Å²) in [5.74, 6) is -0.757. The third kappa shape index (κ3) is 4.30. The molecule has 1 heterocycles. The second-order valence-corrected chi connectivity index (χ2v) is 9.33. The van der Waals surface area contributed by atoms with E-state index in [-0.39, 0.29) is 34.7 Å².